The Hall–Kier alpha value is -2.05. The largest absolute Gasteiger partial charge is 0.393 e. The number of hydrogen-bond donors (Lipinski definition) is 2. The van der Waals surface area contributed by atoms with Crippen molar-refractivity contribution in [2.45, 2.75) is 50.7 Å². The lowest BCUT2D eigenvalue weighted by atomic mass is 9.84. The van der Waals surface area contributed by atoms with Gasteiger partial charge in [-0.15, -0.1) is 0 Å². The number of nitrogens with one attached hydrogen (secondary N) is 2. The highest BCUT2D eigenvalue weighted by molar-refractivity contribution is 5.96. The fourth-order valence-corrected chi connectivity index (χ4v) is 3.24. The molecule has 0 saturated heterocycles. The summed E-state index contributed by atoms with van der Waals surface area (Å²) in [6.45, 7) is 0. The molecule has 7 heteroatoms. The quantitative estimate of drug-likeness (QED) is 0.862. The second kappa shape index (κ2) is 7.06. The number of anilines is 1. The molecule has 4 nitrogen and oxygen atoms in total. The average Bonchev–Trinajstić information content (AvgIpc) is 3.40. The minimum atomic E-state index is -4.30. The zero-order chi connectivity index (χ0) is 18.0. The third kappa shape index (κ3) is 4.52. The maximum atomic E-state index is 13.1. The van der Waals surface area contributed by atoms with Gasteiger partial charge in [-0.3, -0.25) is 9.59 Å². The van der Waals surface area contributed by atoms with Crippen LogP contribution >= 0.6 is 0 Å². The third-order valence-electron chi connectivity index (χ3n) is 4.87. The summed E-state index contributed by atoms with van der Waals surface area (Å²) in [5.74, 6) is -1.95. The van der Waals surface area contributed by atoms with Gasteiger partial charge in [0.2, 0.25) is 5.91 Å². The van der Waals surface area contributed by atoms with E-state index in [0.29, 0.717) is 24.9 Å². The average molecular weight is 354 g/mol. The van der Waals surface area contributed by atoms with Gasteiger partial charge in [-0.2, -0.15) is 13.2 Å². The Morgan fingerprint density at radius 3 is 2.20 bits per heavy atom. The first-order chi connectivity index (χ1) is 11.8. The van der Waals surface area contributed by atoms with Crippen LogP contribution in [0.25, 0.3) is 0 Å². The Bertz CT molecular complexity index is 639. The van der Waals surface area contributed by atoms with E-state index in [1.165, 1.54) is 12.1 Å². The second-order valence-corrected chi connectivity index (χ2v) is 6.85. The molecule has 136 valence electrons. The lowest BCUT2D eigenvalue weighted by Gasteiger charge is -2.33. The van der Waals surface area contributed by atoms with Crippen LogP contribution in [0.4, 0.5) is 18.9 Å². The van der Waals surface area contributed by atoms with Gasteiger partial charge in [0, 0.05) is 23.2 Å². The normalized spacial score (nSPS) is 23.8. The Kier molecular flexibility index (Phi) is 5.01. The Labute approximate surface area is 144 Å². The summed E-state index contributed by atoms with van der Waals surface area (Å²) >= 11 is 0. The molecule has 25 heavy (non-hydrogen) atoms. The van der Waals surface area contributed by atoms with Crippen molar-refractivity contribution in [1.82, 2.24) is 5.32 Å². The smallest absolute Gasteiger partial charge is 0.349 e. The van der Waals surface area contributed by atoms with Crippen LogP contribution in [0.2, 0.25) is 0 Å². The highest BCUT2D eigenvalue weighted by Gasteiger charge is 2.46. The van der Waals surface area contributed by atoms with Crippen molar-refractivity contribution in [2.75, 3.05) is 5.32 Å². The van der Waals surface area contributed by atoms with Gasteiger partial charge in [-0.05, 0) is 49.9 Å². The first kappa shape index (κ1) is 17.8. The number of halogens is 3. The van der Waals surface area contributed by atoms with Gasteiger partial charge in [0.25, 0.3) is 5.91 Å². The first-order valence-corrected chi connectivity index (χ1v) is 8.63. The topological polar surface area (TPSA) is 58.2 Å². The summed E-state index contributed by atoms with van der Waals surface area (Å²) in [6.07, 6.45) is -0.890. The second-order valence-electron chi connectivity index (χ2n) is 6.85. The van der Waals surface area contributed by atoms with Gasteiger partial charge >= 0.3 is 6.18 Å². The zero-order valence-electron chi connectivity index (χ0n) is 13.7. The van der Waals surface area contributed by atoms with Gasteiger partial charge in [0.15, 0.2) is 0 Å². The first-order valence-electron chi connectivity index (χ1n) is 8.63. The lowest BCUT2D eigenvalue weighted by molar-refractivity contribution is -0.187. The number of hydrogen-bond acceptors (Lipinski definition) is 2. The molecule has 2 saturated carbocycles. The standard InChI is InChI=1S/C18H21F3N2O2/c19-18(20,21)14-3-1-2-4-15(14)23-17(25)12-7-9-13(10-8-12)22-16(24)11-5-6-11/h7-11,14-15H,1-6H2,(H,22,24)(H,23,25). The van der Waals surface area contributed by atoms with Crippen molar-refractivity contribution in [3.63, 3.8) is 0 Å². The maximum Gasteiger partial charge on any atom is 0.393 e. The van der Waals surface area contributed by atoms with Crippen molar-refractivity contribution in [3.05, 3.63) is 29.8 Å². The highest BCUT2D eigenvalue weighted by Crippen LogP contribution is 2.37. The molecule has 0 radical (unpaired) electrons. The van der Waals surface area contributed by atoms with Gasteiger partial charge in [-0.1, -0.05) is 12.8 Å². The molecule has 3 rings (SSSR count). The van der Waals surface area contributed by atoms with Gasteiger partial charge in [0.1, 0.15) is 0 Å². The van der Waals surface area contributed by atoms with Gasteiger partial charge in [0.05, 0.1) is 5.92 Å². The van der Waals surface area contributed by atoms with E-state index in [2.05, 4.69) is 10.6 Å². The van der Waals surface area contributed by atoms with Crippen molar-refractivity contribution >= 4 is 17.5 Å². The van der Waals surface area contributed by atoms with Crippen molar-refractivity contribution < 1.29 is 22.8 Å². The van der Waals surface area contributed by atoms with Crippen LogP contribution in [0, 0.1) is 11.8 Å². The molecule has 1 aromatic rings. The molecule has 0 spiro atoms. The van der Waals surface area contributed by atoms with E-state index in [-0.39, 0.29) is 23.8 Å². The molecule has 2 atom stereocenters. The molecule has 0 heterocycles. The van der Waals surface area contributed by atoms with Crippen molar-refractivity contribution in [1.29, 1.82) is 0 Å². The van der Waals surface area contributed by atoms with Crippen molar-refractivity contribution in [2.24, 2.45) is 11.8 Å². The van der Waals surface area contributed by atoms with E-state index >= 15 is 0 Å². The Balaban J connectivity index is 1.61. The minimum Gasteiger partial charge on any atom is -0.349 e. The van der Waals surface area contributed by atoms with Gasteiger partial charge in [-0.25, -0.2) is 0 Å². The number of benzene rings is 1. The SMILES string of the molecule is O=C(NC1CCCCC1C(F)(F)F)c1ccc(NC(=O)C2CC2)cc1. The molecule has 2 aliphatic rings. The van der Waals surface area contributed by atoms with Crippen molar-refractivity contribution in [3.8, 4) is 0 Å². The summed E-state index contributed by atoms with van der Waals surface area (Å²) in [6, 6.07) is 5.34. The molecule has 2 aliphatic carbocycles. The molecule has 0 aliphatic heterocycles. The summed E-state index contributed by atoms with van der Waals surface area (Å²) < 4.78 is 39.3. The summed E-state index contributed by atoms with van der Waals surface area (Å²) in [5, 5.41) is 5.29. The minimum absolute atomic E-state index is 0.0348. The van der Waals surface area contributed by atoms with Crippen LogP contribution in [-0.4, -0.2) is 24.0 Å². The predicted octanol–water partition coefficient (Wildman–Crippen LogP) is 3.89. The monoisotopic (exact) mass is 354 g/mol. The lowest BCUT2D eigenvalue weighted by Crippen LogP contribution is -2.47. The number of rotatable bonds is 4. The summed E-state index contributed by atoms with van der Waals surface area (Å²) in [7, 11) is 0. The molecule has 0 bridgehead atoms. The van der Waals surface area contributed by atoms with E-state index in [4.69, 9.17) is 0 Å². The fraction of sp³-hybridized carbons (Fsp3) is 0.556. The fourth-order valence-electron chi connectivity index (χ4n) is 3.24. The van der Waals surface area contributed by atoms with Crippen LogP contribution in [-0.2, 0) is 4.79 Å². The number of carbonyl (C=O) groups is 2. The third-order valence-corrected chi connectivity index (χ3v) is 4.87. The van der Waals surface area contributed by atoms with E-state index in [1.807, 2.05) is 0 Å². The van der Waals surface area contributed by atoms with Crippen LogP contribution in [0.5, 0.6) is 0 Å². The number of alkyl halides is 3. The van der Waals surface area contributed by atoms with Crippen LogP contribution in [0.15, 0.2) is 24.3 Å². The molecule has 2 unspecified atom stereocenters. The Morgan fingerprint density at radius 1 is 0.960 bits per heavy atom. The molecule has 1 aromatic carbocycles. The van der Waals surface area contributed by atoms with Crippen LogP contribution in [0.1, 0.15) is 48.9 Å². The van der Waals surface area contributed by atoms with E-state index < -0.39 is 24.0 Å². The number of carbonyl (C=O) groups excluding carboxylic acids is 2. The van der Waals surface area contributed by atoms with Crippen LogP contribution < -0.4 is 10.6 Å². The maximum absolute atomic E-state index is 13.1. The summed E-state index contributed by atoms with van der Waals surface area (Å²) in [5.41, 5.74) is 0.871. The Morgan fingerprint density at radius 2 is 1.60 bits per heavy atom. The summed E-state index contributed by atoms with van der Waals surface area (Å²) in [4.78, 5) is 24.0. The van der Waals surface area contributed by atoms with E-state index in [0.717, 1.165) is 12.8 Å². The molecule has 2 amide bonds. The van der Waals surface area contributed by atoms with E-state index in [9.17, 15) is 22.8 Å². The van der Waals surface area contributed by atoms with Gasteiger partial charge < -0.3 is 10.6 Å². The molecular formula is C18H21F3N2O2. The number of amides is 2. The molecule has 0 aromatic heterocycles. The van der Waals surface area contributed by atoms with E-state index in [1.54, 1.807) is 12.1 Å². The molecule has 2 fully saturated rings. The molecule has 2 N–H and O–H groups in total. The van der Waals surface area contributed by atoms with Crippen LogP contribution in [0.3, 0.4) is 0 Å². The highest BCUT2D eigenvalue weighted by atomic mass is 19.4. The molecular weight excluding hydrogens is 333 g/mol. The zero-order valence-corrected chi connectivity index (χ0v) is 13.7. The predicted molar refractivity (Wildman–Crippen MR) is 87.1 cm³/mol.